The Morgan fingerprint density at radius 2 is 2.12 bits per heavy atom. The molecule has 2 amide bonds. The topological polar surface area (TPSA) is 58.2 Å². The van der Waals surface area contributed by atoms with Gasteiger partial charge in [-0.2, -0.15) is 11.8 Å². The van der Waals surface area contributed by atoms with Crippen molar-refractivity contribution in [1.82, 2.24) is 5.32 Å². The minimum Gasteiger partial charge on any atom is -0.351 e. The van der Waals surface area contributed by atoms with Crippen LogP contribution in [0, 0.1) is 11.8 Å². The number of benzene rings is 1. The Balaban J connectivity index is 1.42. The maximum Gasteiger partial charge on any atom is 0.251 e. The third-order valence-corrected chi connectivity index (χ3v) is 6.26. The molecule has 1 aliphatic carbocycles. The van der Waals surface area contributed by atoms with Crippen LogP contribution < -0.4 is 10.6 Å². The molecule has 132 valence electrons. The first-order chi connectivity index (χ1) is 12.1. The summed E-state index contributed by atoms with van der Waals surface area (Å²) in [4.78, 5) is 25.6. The van der Waals surface area contributed by atoms with Crippen LogP contribution in [0.3, 0.4) is 0 Å². The molecule has 0 bridgehead atoms. The van der Waals surface area contributed by atoms with Crippen LogP contribution in [0.15, 0.2) is 41.8 Å². The van der Waals surface area contributed by atoms with Gasteiger partial charge in [-0.3, -0.25) is 9.59 Å². The van der Waals surface area contributed by atoms with Crippen LogP contribution in [0.25, 0.3) is 0 Å². The lowest BCUT2D eigenvalue weighted by Gasteiger charge is -2.08. The van der Waals surface area contributed by atoms with E-state index < -0.39 is 0 Å². The van der Waals surface area contributed by atoms with Crippen LogP contribution in [0.2, 0.25) is 0 Å². The first-order valence-corrected chi connectivity index (χ1v) is 10.5. The molecule has 0 radical (unpaired) electrons. The normalized spacial score (nSPS) is 18.6. The summed E-state index contributed by atoms with van der Waals surface area (Å²) in [5, 5.41) is 7.91. The smallest absolute Gasteiger partial charge is 0.251 e. The summed E-state index contributed by atoms with van der Waals surface area (Å²) in [5.41, 5.74) is 1.26. The fraction of sp³-hybridized carbons (Fsp3) is 0.368. The number of rotatable bonds is 8. The van der Waals surface area contributed by atoms with Crippen molar-refractivity contribution in [1.29, 1.82) is 0 Å². The summed E-state index contributed by atoms with van der Waals surface area (Å²) in [5.74, 6) is 2.40. The number of hydrogen-bond acceptors (Lipinski definition) is 4. The Hall–Kier alpha value is -1.79. The molecule has 25 heavy (non-hydrogen) atoms. The zero-order valence-electron chi connectivity index (χ0n) is 14.2. The molecular weight excluding hydrogens is 352 g/mol. The lowest BCUT2D eigenvalue weighted by atomic mass is 10.2. The van der Waals surface area contributed by atoms with Crippen molar-refractivity contribution in [2.24, 2.45) is 11.8 Å². The van der Waals surface area contributed by atoms with Gasteiger partial charge in [-0.1, -0.05) is 19.1 Å². The van der Waals surface area contributed by atoms with Crippen molar-refractivity contribution in [2.75, 3.05) is 17.6 Å². The van der Waals surface area contributed by atoms with Gasteiger partial charge in [-0.05, 0) is 42.0 Å². The third kappa shape index (κ3) is 5.34. The second-order valence-electron chi connectivity index (χ2n) is 6.28. The Kier molecular flexibility index (Phi) is 6.15. The largest absolute Gasteiger partial charge is 0.351 e. The number of carbonyl (C=O) groups excluding carboxylic acids is 2. The van der Waals surface area contributed by atoms with Crippen molar-refractivity contribution in [3.8, 4) is 0 Å². The van der Waals surface area contributed by atoms with E-state index >= 15 is 0 Å². The molecule has 0 spiro atoms. The first-order valence-electron chi connectivity index (χ1n) is 8.43. The van der Waals surface area contributed by atoms with Crippen molar-refractivity contribution in [3.05, 3.63) is 52.2 Å². The Bertz CT molecular complexity index is 731. The van der Waals surface area contributed by atoms with Gasteiger partial charge in [0, 0.05) is 40.1 Å². The van der Waals surface area contributed by atoms with Crippen LogP contribution in [0.1, 0.15) is 28.6 Å². The van der Waals surface area contributed by atoms with Crippen LogP contribution in [-0.4, -0.2) is 24.1 Å². The van der Waals surface area contributed by atoms with Gasteiger partial charge < -0.3 is 10.6 Å². The van der Waals surface area contributed by atoms with Crippen LogP contribution >= 0.6 is 23.1 Å². The molecule has 2 aromatic rings. The highest BCUT2D eigenvalue weighted by Crippen LogP contribution is 2.38. The van der Waals surface area contributed by atoms with E-state index in [1.165, 1.54) is 4.88 Å². The van der Waals surface area contributed by atoms with Crippen molar-refractivity contribution < 1.29 is 9.59 Å². The van der Waals surface area contributed by atoms with E-state index in [0.717, 1.165) is 17.9 Å². The van der Waals surface area contributed by atoms with Crippen LogP contribution in [0.5, 0.6) is 0 Å². The van der Waals surface area contributed by atoms with Gasteiger partial charge in [0.25, 0.3) is 5.91 Å². The van der Waals surface area contributed by atoms with Crippen molar-refractivity contribution >= 4 is 40.6 Å². The minimum atomic E-state index is -0.104. The van der Waals surface area contributed by atoms with Crippen molar-refractivity contribution in [3.63, 3.8) is 0 Å². The maximum atomic E-state index is 12.2. The summed E-state index contributed by atoms with van der Waals surface area (Å²) in [6.07, 6.45) is 0.954. The summed E-state index contributed by atoms with van der Waals surface area (Å²) in [7, 11) is 0. The number of thiophene rings is 1. The molecule has 1 heterocycles. The van der Waals surface area contributed by atoms with E-state index in [1.54, 1.807) is 29.5 Å². The number of anilines is 1. The zero-order valence-corrected chi connectivity index (χ0v) is 15.8. The first kappa shape index (κ1) is 18.0. The highest BCUT2D eigenvalue weighted by atomic mass is 32.2. The lowest BCUT2D eigenvalue weighted by Crippen LogP contribution is -2.26. The molecular formula is C19H22N2O2S2. The summed E-state index contributed by atoms with van der Waals surface area (Å²) in [6, 6.07) is 11.3. The molecule has 3 rings (SSSR count). The number of amides is 2. The monoisotopic (exact) mass is 374 g/mol. The van der Waals surface area contributed by atoms with E-state index in [1.807, 2.05) is 17.8 Å². The summed E-state index contributed by atoms with van der Waals surface area (Å²) in [6.45, 7) is 2.70. The molecule has 4 nitrogen and oxygen atoms in total. The van der Waals surface area contributed by atoms with E-state index in [4.69, 9.17) is 0 Å². The highest BCUT2D eigenvalue weighted by Gasteiger charge is 2.39. The molecule has 0 saturated heterocycles. The summed E-state index contributed by atoms with van der Waals surface area (Å²) < 4.78 is 0. The van der Waals surface area contributed by atoms with Gasteiger partial charge in [-0.25, -0.2) is 0 Å². The van der Waals surface area contributed by atoms with Crippen LogP contribution in [0.4, 0.5) is 5.69 Å². The SMILES string of the molecule is CC1CC1C(=O)Nc1cccc(C(=O)NCCSCc2cccs2)c1. The molecule has 6 heteroatoms. The van der Waals surface area contributed by atoms with Gasteiger partial charge in [0.1, 0.15) is 0 Å². The molecule has 2 unspecified atom stereocenters. The molecule has 2 N–H and O–H groups in total. The number of hydrogen-bond donors (Lipinski definition) is 2. The quantitative estimate of drug-likeness (QED) is 0.687. The molecule has 1 aliphatic rings. The van der Waals surface area contributed by atoms with Gasteiger partial charge in [0.05, 0.1) is 0 Å². The number of thioether (sulfide) groups is 1. The van der Waals surface area contributed by atoms with Gasteiger partial charge in [0.15, 0.2) is 0 Å². The maximum absolute atomic E-state index is 12.2. The molecule has 1 aromatic carbocycles. The fourth-order valence-corrected chi connectivity index (χ4v) is 4.27. The molecule has 0 aliphatic heterocycles. The highest BCUT2D eigenvalue weighted by molar-refractivity contribution is 7.98. The standard InChI is InChI=1S/C19H22N2O2S2/c1-13-10-17(13)19(23)21-15-5-2-4-14(11-15)18(22)20-7-9-24-12-16-6-3-8-25-16/h2-6,8,11,13,17H,7,9-10,12H2,1H3,(H,20,22)(H,21,23). The zero-order chi connectivity index (χ0) is 17.6. The molecule has 1 saturated carbocycles. The van der Waals surface area contributed by atoms with Crippen molar-refractivity contribution in [2.45, 2.75) is 19.1 Å². The Labute approximate surface area is 156 Å². The van der Waals surface area contributed by atoms with E-state index in [2.05, 4.69) is 35.1 Å². The summed E-state index contributed by atoms with van der Waals surface area (Å²) >= 11 is 3.56. The predicted molar refractivity (Wildman–Crippen MR) is 105 cm³/mol. The predicted octanol–water partition coefficient (Wildman–Crippen LogP) is 4.01. The number of carbonyl (C=O) groups is 2. The molecule has 1 fully saturated rings. The second-order valence-corrected chi connectivity index (χ2v) is 8.41. The van der Waals surface area contributed by atoms with Gasteiger partial charge in [0.2, 0.25) is 5.91 Å². The van der Waals surface area contributed by atoms with Crippen LogP contribution in [-0.2, 0) is 10.5 Å². The second kappa shape index (κ2) is 8.54. The van der Waals surface area contributed by atoms with E-state index in [9.17, 15) is 9.59 Å². The Morgan fingerprint density at radius 1 is 1.28 bits per heavy atom. The molecule has 2 atom stereocenters. The Morgan fingerprint density at radius 3 is 2.84 bits per heavy atom. The average molecular weight is 375 g/mol. The van der Waals surface area contributed by atoms with Gasteiger partial charge >= 0.3 is 0 Å². The average Bonchev–Trinajstić information content (AvgIpc) is 3.12. The lowest BCUT2D eigenvalue weighted by molar-refractivity contribution is -0.117. The van der Waals surface area contributed by atoms with Gasteiger partial charge in [-0.15, -0.1) is 11.3 Å². The molecule has 1 aromatic heterocycles. The minimum absolute atomic E-state index is 0.0510. The third-order valence-electron chi connectivity index (χ3n) is 4.19. The fourth-order valence-electron chi connectivity index (χ4n) is 2.57. The number of nitrogens with one attached hydrogen (secondary N) is 2. The van der Waals surface area contributed by atoms with E-state index in [0.29, 0.717) is 23.7 Å². The van der Waals surface area contributed by atoms with E-state index in [-0.39, 0.29) is 17.7 Å².